The van der Waals surface area contributed by atoms with Gasteiger partial charge in [-0.05, 0) is 31.0 Å². The normalized spacial score (nSPS) is 14.5. The zero-order chi connectivity index (χ0) is 13.1. The summed E-state index contributed by atoms with van der Waals surface area (Å²) in [7, 11) is 1.65. The Morgan fingerprint density at radius 2 is 2.28 bits per heavy atom. The first kappa shape index (κ1) is 12.7. The third kappa shape index (κ3) is 2.73. The van der Waals surface area contributed by atoms with E-state index in [0.29, 0.717) is 18.3 Å². The molecule has 3 N–H and O–H groups in total. The molecule has 0 aliphatic heterocycles. The van der Waals surface area contributed by atoms with Crippen LogP contribution in [0.4, 0.5) is 11.4 Å². The van der Waals surface area contributed by atoms with Gasteiger partial charge in [0.25, 0.3) is 0 Å². The number of aromatic carboxylic acids is 1. The molecule has 0 unspecified atom stereocenters. The van der Waals surface area contributed by atoms with Crippen LogP contribution in [-0.2, 0) is 4.74 Å². The van der Waals surface area contributed by atoms with Crippen LogP contribution in [0.2, 0.25) is 0 Å². The van der Waals surface area contributed by atoms with E-state index in [-0.39, 0.29) is 5.56 Å². The first-order chi connectivity index (χ1) is 8.63. The van der Waals surface area contributed by atoms with Crippen LogP contribution in [0.25, 0.3) is 0 Å². The standard InChI is InChI=1S/C13H18N2O3/c1-18-7-6-15(10-3-4-10)12-8-9(13(16)17)2-5-11(12)14/h2,5,8,10H,3-4,6-7,14H2,1H3,(H,16,17). The predicted molar refractivity (Wildman–Crippen MR) is 70.1 cm³/mol. The third-order valence-electron chi connectivity index (χ3n) is 3.11. The smallest absolute Gasteiger partial charge is 0.335 e. The lowest BCUT2D eigenvalue weighted by Crippen LogP contribution is -2.30. The topological polar surface area (TPSA) is 75.8 Å². The van der Waals surface area contributed by atoms with Crippen molar-refractivity contribution in [3.05, 3.63) is 23.8 Å². The fourth-order valence-corrected chi connectivity index (χ4v) is 2.00. The van der Waals surface area contributed by atoms with Gasteiger partial charge in [0.05, 0.1) is 23.5 Å². The van der Waals surface area contributed by atoms with Gasteiger partial charge in [0.2, 0.25) is 0 Å². The van der Waals surface area contributed by atoms with E-state index in [1.54, 1.807) is 19.2 Å². The van der Waals surface area contributed by atoms with Crippen LogP contribution in [0, 0.1) is 0 Å². The summed E-state index contributed by atoms with van der Waals surface area (Å²) in [5.41, 5.74) is 7.63. The number of hydrogen-bond donors (Lipinski definition) is 2. The van der Waals surface area contributed by atoms with E-state index in [1.165, 1.54) is 6.07 Å². The van der Waals surface area contributed by atoms with E-state index in [0.717, 1.165) is 25.1 Å². The lowest BCUT2D eigenvalue weighted by Gasteiger charge is -2.26. The van der Waals surface area contributed by atoms with Gasteiger partial charge in [-0.1, -0.05) is 0 Å². The quantitative estimate of drug-likeness (QED) is 0.750. The molecule has 0 bridgehead atoms. The highest BCUT2D eigenvalue weighted by atomic mass is 16.5. The van der Waals surface area contributed by atoms with Crippen molar-refractivity contribution in [3.8, 4) is 0 Å². The van der Waals surface area contributed by atoms with Gasteiger partial charge < -0.3 is 20.5 Å². The number of carbonyl (C=O) groups is 1. The highest BCUT2D eigenvalue weighted by Gasteiger charge is 2.30. The van der Waals surface area contributed by atoms with E-state index in [4.69, 9.17) is 15.6 Å². The van der Waals surface area contributed by atoms with Gasteiger partial charge in [0, 0.05) is 19.7 Å². The fraction of sp³-hybridized carbons (Fsp3) is 0.462. The van der Waals surface area contributed by atoms with Crippen LogP contribution in [0.5, 0.6) is 0 Å². The maximum Gasteiger partial charge on any atom is 0.335 e. The molecule has 0 aromatic heterocycles. The molecule has 18 heavy (non-hydrogen) atoms. The Morgan fingerprint density at radius 1 is 1.56 bits per heavy atom. The van der Waals surface area contributed by atoms with E-state index >= 15 is 0 Å². The molecular weight excluding hydrogens is 232 g/mol. The van der Waals surface area contributed by atoms with Gasteiger partial charge in [-0.15, -0.1) is 0 Å². The number of carboxylic acid groups (broad SMARTS) is 1. The van der Waals surface area contributed by atoms with Crippen molar-refractivity contribution < 1.29 is 14.6 Å². The molecule has 0 spiro atoms. The molecule has 1 aliphatic carbocycles. The maximum absolute atomic E-state index is 11.0. The Hall–Kier alpha value is -1.75. The first-order valence-electron chi connectivity index (χ1n) is 6.02. The molecule has 0 amide bonds. The van der Waals surface area contributed by atoms with Crippen LogP contribution in [0.15, 0.2) is 18.2 Å². The molecule has 1 fully saturated rings. The highest BCUT2D eigenvalue weighted by molar-refractivity contribution is 5.90. The molecule has 1 saturated carbocycles. The molecule has 5 heteroatoms. The summed E-state index contributed by atoms with van der Waals surface area (Å²) in [5.74, 6) is -0.932. The van der Waals surface area contributed by atoms with E-state index < -0.39 is 5.97 Å². The minimum atomic E-state index is -0.932. The monoisotopic (exact) mass is 250 g/mol. The molecule has 1 aliphatic rings. The van der Waals surface area contributed by atoms with E-state index in [2.05, 4.69) is 4.90 Å². The summed E-state index contributed by atoms with van der Waals surface area (Å²) in [6.07, 6.45) is 2.25. The zero-order valence-corrected chi connectivity index (χ0v) is 10.4. The second kappa shape index (κ2) is 5.27. The Morgan fingerprint density at radius 3 is 2.83 bits per heavy atom. The molecule has 98 valence electrons. The number of nitrogen functional groups attached to an aromatic ring is 1. The average Bonchev–Trinajstić information content (AvgIpc) is 3.15. The number of anilines is 2. The highest BCUT2D eigenvalue weighted by Crippen LogP contribution is 2.35. The number of ether oxygens (including phenoxy) is 1. The van der Waals surface area contributed by atoms with Crippen molar-refractivity contribution in [1.29, 1.82) is 0 Å². The number of methoxy groups -OCH3 is 1. The van der Waals surface area contributed by atoms with Gasteiger partial charge in [-0.3, -0.25) is 0 Å². The van der Waals surface area contributed by atoms with E-state index in [9.17, 15) is 4.79 Å². The summed E-state index contributed by atoms with van der Waals surface area (Å²) < 4.78 is 5.09. The van der Waals surface area contributed by atoms with E-state index in [1.807, 2.05) is 0 Å². The van der Waals surface area contributed by atoms with Crippen LogP contribution in [0.1, 0.15) is 23.2 Å². The van der Waals surface area contributed by atoms with Gasteiger partial charge in [0.15, 0.2) is 0 Å². The number of hydrogen-bond acceptors (Lipinski definition) is 4. The summed E-state index contributed by atoms with van der Waals surface area (Å²) in [4.78, 5) is 13.1. The molecule has 1 aromatic carbocycles. The number of carboxylic acids is 1. The minimum Gasteiger partial charge on any atom is -0.478 e. The van der Waals surface area contributed by atoms with Gasteiger partial charge in [0.1, 0.15) is 0 Å². The molecular formula is C13H18N2O3. The van der Waals surface area contributed by atoms with Crippen LogP contribution in [0.3, 0.4) is 0 Å². The Bertz CT molecular complexity index is 444. The van der Waals surface area contributed by atoms with Crippen molar-refractivity contribution >= 4 is 17.3 Å². The molecule has 0 radical (unpaired) electrons. The number of benzene rings is 1. The number of nitrogens with two attached hydrogens (primary N) is 1. The zero-order valence-electron chi connectivity index (χ0n) is 10.4. The van der Waals surface area contributed by atoms with Crippen molar-refractivity contribution in [2.75, 3.05) is 30.9 Å². The van der Waals surface area contributed by atoms with Crippen molar-refractivity contribution in [1.82, 2.24) is 0 Å². The maximum atomic E-state index is 11.0. The largest absolute Gasteiger partial charge is 0.478 e. The lowest BCUT2D eigenvalue weighted by molar-refractivity contribution is 0.0697. The average molecular weight is 250 g/mol. The van der Waals surface area contributed by atoms with Crippen LogP contribution < -0.4 is 10.6 Å². The molecule has 1 aromatic rings. The third-order valence-corrected chi connectivity index (χ3v) is 3.11. The second-order valence-corrected chi connectivity index (χ2v) is 4.50. The van der Waals surface area contributed by atoms with Crippen LogP contribution in [-0.4, -0.2) is 37.4 Å². The van der Waals surface area contributed by atoms with Gasteiger partial charge in [-0.25, -0.2) is 4.79 Å². The summed E-state index contributed by atoms with van der Waals surface area (Å²) in [6.45, 7) is 1.33. The summed E-state index contributed by atoms with van der Waals surface area (Å²) >= 11 is 0. The predicted octanol–water partition coefficient (Wildman–Crippen LogP) is 1.58. The summed E-state index contributed by atoms with van der Waals surface area (Å²) in [6, 6.07) is 5.29. The van der Waals surface area contributed by atoms with Crippen LogP contribution >= 0.6 is 0 Å². The number of nitrogens with zero attached hydrogens (tertiary/aromatic N) is 1. The SMILES string of the molecule is COCCN(c1cc(C(=O)O)ccc1N)C1CC1. The van der Waals surface area contributed by atoms with Crippen molar-refractivity contribution in [2.45, 2.75) is 18.9 Å². The van der Waals surface area contributed by atoms with Crippen molar-refractivity contribution in [2.24, 2.45) is 0 Å². The Balaban J connectivity index is 2.27. The first-order valence-corrected chi connectivity index (χ1v) is 6.02. The van der Waals surface area contributed by atoms with Gasteiger partial charge in [-0.2, -0.15) is 0 Å². The Kier molecular flexibility index (Phi) is 3.72. The molecule has 0 saturated heterocycles. The number of rotatable bonds is 6. The molecule has 2 rings (SSSR count). The molecule has 0 atom stereocenters. The molecule has 5 nitrogen and oxygen atoms in total. The minimum absolute atomic E-state index is 0.266. The second-order valence-electron chi connectivity index (χ2n) is 4.50. The molecule has 0 heterocycles. The van der Waals surface area contributed by atoms with Crippen molar-refractivity contribution in [3.63, 3.8) is 0 Å². The Labute approximate surface area is 106 Å². The van der Waals surface area contributed by atoms with Gasteiger partial charge >= 0.3 is 5.97 Å². The lowest BCUT2D eigenvalue weighted by atomic mass is 10.1. The fourth-order valence-electron chi connectivity index (χ4n) is 2.00. The summed E-state index contributed by atoms with van der Waals surface area (Å²) in [5, 5.41) is 9.03.